The molecule has 1 aromatic carbocycles. The number of nitrogens with zero attached hydrogens (tertiary/aromatic N) is 1. The number of halogens is 1. The molecule has 0 atom stereocenters. The van der Waals surface area contributed by atoms with Gasteiger partial charge in [0.25, 0.3) is 0 Å². The standard InChI is InChI=1S/C15H19IN2O2/c16-9-5-1-2-6-10-17-15(19)11-13-12-7-3-4-8-14(12)20-18-13/h3-4,7-8H,1-2,5-6,9-11H2,(H,17,19). The zero-order chi connectivity index (χ0) is 14.2. The number of alkyl halides is 1. The summed E-state index contributed by atoms with van der Waals surface area (Å²) < 4.78 is 6.40. The molecule has 2 rings (SSSR count). The van der Waals surface area contributed by atoms with Crippen LogP contribution in [-0.2, 0) is 11.2 Å². The smallest absolute Gasteiger partial charge is 0.226 e. The highest BCUT2D eigenvalue weighted by molar-refractivity contribution is 14.1. The third-order valence-electron chi connectivity index (χ3n) is 3.16. The predicted octanol–water partition coefficient (Wildman–Crippen LogP) is 3.48. The van der Waals surface area contributed by atoms with Crippen molar-refractivity contribution in [3.05, 3.63) is 30.0 Å². The summed E-state index contributed by atoms with van der Waals surface area (Å²) in [7, 11) is 0. The number of para-hydroxylation sites is 1. The van der Waals surface area contributed by atoms with E-state index in [0.717, 1.165) is 23.9 Å². The van der Waals surface area contributed by atoms with Gasteiger partial charge in [-0.25, -0.2) is 0 Å². The van der Waals surface area contributed by atoms with Gasteiger partial charge in [-0.2, -0.15) is 0 Å². The van der Waals surface area contributed by atoms with Crippen molar-refractivity contribution in [3.8, 4) is 0 Å². The number of aromatic nitrogens is 1. The summed E-state index contributed by atoms with van der Waals surface area (Å²) in [5, 5.41) is 7.83. The van der Waals surface area contributed by atoms with E-state index in [2.05, 4.69) is 33.1 Å². The fourth-order valence-corrected chi connectivity index (χ4v) is 2.62. The van der Waals surface area contributed by atoms with Gasteiger partial charge in [0.15, 0.2) is 5.58 Å². The minimum absolute atomic E-state index is 0.0120. The number of hydrogen-bond acceptors (Lipinski definition) is 3. The summed E-state index contributed by atoms with van der Waals surface area (Å²) in [6.45, 7) is 0.746. The fourth-order valence-electron chi connectivity index (χ4n) is 2.08. The summed E-state index contributed by atoms with van der Waals surface area (Å²) in [6.07, 6.45) is 5.01. The molecular weight excluding hydrogens is 367 g/mol. The molecule has 1 amide bonds. The van der Waals surface area contributed by atoms with E-state index in [4.69, 9.17) is 4.52 Å². The van der Waals surface area contributed by atoms with E-state index in [9.17, 15) is 4.79 Å². The first-order valence-corrected chi connectivity index (χ1v) is 8.50. The summed E-state index contributed by atoms with van der Waals surface area (Å²) in [5.41, 5.74) is 1.44. The third-order valence-corrected chi connectivity index (χ3v) is 3.93. The van der Waals surface area contributed by atoms with Crippen molar-refractivity contribution in [2.24, 2.45) is 0 Å². The van der Waals surface area contributed by atoms with Gasteiger partial charge in [0.2, 0.25) is 5.91 Å². The van der Waals surface area contributed by atoms with E-state index >= 15 is 0 Å². The van der Waals surface area contributed by atoms with Crippen LogP contribution in [-0.4, -0.2) is 22.0 Å². The Labute approximate surface area is 132 Å². The van der Waals surface area contributed by atoms with Crippen molar-refractivity contribution in [1.29, 1.82) is 0 Å². The molecule has 0 fully saturated rings. The molecule has 1 aromatic heterocycles. The van der Waals surface area contributed by atoms with E-state index in [1.54, 1.807) is 0 Å². The second kappa shape index (κ2) is 8.24. The van der Waals surface area contributed by atoms with Crippen molar-refractivity contribution in [2.45, 2.75) is 32.1 Å². The van der Waals surface area contributed by atoms with Crippen LogP contribution >= 0.6 is 22.6 Å². The van der Waals surface area contributed by atoms with Crippen molar-refractivity contribution in [3.63, 3.8) is 0 Å². The van der Waals surface area contributed by atoms with Crippen molar-refractivity contribution < 1.29 is 9.32 Å². The molecule has 0 bridgehead atoms. The summed E-state index contributed by atoms with van der Waals surface area (Å²) in [6, 6.07) is 7.61. The number of rotatable bonds is 8. The molecule has 0 saturated carbocycles. The Bertz CT molecular complexity index is 554. The number of hydrogen-bond donors (Lipinski definition) is 1. The molecular formula is C15H19IN2O2. The molecule has 0 aliphatic rings. The maximum Gasteiger partial charge on any atom is 0.226 e. The van der Waals surface area contributed by atoms with Crippen LogP contribution in [0.15, 0.2) is 28.8 Å². The number of benzene rings is 1. The summed E-state index contributed by atoms with van der Waals surface area (Å²) in [5.74, 6) is 0.0120. The number of carbonyl (C=O) groups excluding carboxylic acids is 1. The highest BCUT2D eigenvalue weighted by Crippen LogP contribution is 2.17. The molecule has 108 valence electrons. The van der Waals surface area contributed by atoms with Gasteiger partial charge in [0.05, 0.1) is 6.42 Å². The normalized spacial score (nSPS) is 10.8. The van der Waals surface area contributed by atoms with Gasteiger partial charge >= 0.3 is 0 Å². The molecule has 0 aliphatic carbocycles. The van der Waals surface area contributed by atoms with E-state index < -0.39 is 0 Å². The van der Waals surface area contributed by atoms with Gasteiger partial charge in [-0.15, -0.1) is 0 Å². The summed E-state index contributed by atoms with van der Waals surface area (Å²) >= 11 is 2.39. The van der Waals surface area contributed by atoms with Crippen LogP contribution in [0.5, 0.6) is 0 Å². The Morgan fingerprint density at radius 1 is 1.20 bits per heavy atom. The predicted molar refractivity (Wildman–Crippen MR) is 88.1 cm³/mol. The molecule has 2 aromatic rings. The van der Waals surface area contributed by atoms with Crippen LogP contribution in [0.3, 0.4) is 0 Å². The van der Waals surface area contributed by atoms with Crippen molar-refractivity contribution >= 4 is 39.5 Å². The second-order valence-electron chi connectivity index (χ2n) is 4.76. The molecule has 0 aliphatic heterocycles. The van der Waals surface area contributed by atoms with Crippen LogP contribution in [0.25, 0.3) is 11.0 Å². The Morgan fingerprint density at radius 3 is 2.85 bits per heavy atom. The number of unbranched alkanes of at least 4 members (excludes halogenated alkanes) is 3. The first-order valence-electron chi connectivity index (χ1n) is 6.97. The lowest BCUT2D eigenvalue weighted by Gasteiger charge is -2.03. The lowest BCUT2D eigenvalue weighted by Crippen LogP contribution is -2.26. The minimum atomic E-state index is 0.0120. The molecule has 0 radical (unpaired) electrons. The number of nitrogens with one attached hydrogen (secondary N) is 1. The van der Waals surface area contributed by atoms with Crippen LogP contribution in [0.4, 0.5) is 0 Å². The van der Waals surface area contributed by atoms with E-state index in [1.807, 2.05) is 24.3 Å². The number of carbonyl (C=O) groups is 1. The topological polar surface area (TPSA) is 55.1 Å². The van der Waals surface area contributed by atoms with Crippen molar-refractivity contribution in [1.82, 2.24) is 10.5 Å². The van der Waals surface area contributed by atoms with Crippen LogP contribution in [0.2, 0.25) is 0 Å². The molecule has 5 heteroatoms. The molecule has 1 N–H and O–H groups in total. The average molecular weight is 386 g/mol. The van der Waals surface area contributed by atoms with E-state index in [0.29, 0.717) is 5.69 Å². The fraction of sp³-hybridized carbons (Fsp3) is 0.467. The van der Waals surface area contributed by atoms with E-state index in [-0.39, 0.29) is 12.3 Å². The highest BCUT2D eigenvalue weighted by atomic mass is 127. The molecule has 4 nitrogen and oxygen atoms in total. The van der Waals surface area contributed by atoms with Gasteiger partial charge in [-0.3, -0.25) is 4.79 Å². The van der Waals surface area contributed by atoms with Crippen LogP contribution in [0.1, 0.15) is 31.4 Å². The zero-order valence-corrected chi connectivity index (χ0v) is 13.6. The lowest BCUT2D eigenvalue weighted by molar-refractivity contribution is -0.120. The lowest BCUT2D eigenvalue weighted by atomic mass is 10.1. The maximum absolute atomic E-state index is 11.8. The molecule has 0 saturated heterocycles. The minimum Gasteiger partial charge on any atom is -0.356 e. The molecule has 1 heterocycles. The largest absolute Gasteiger partial charge is 0.356 e. The Kier molecular flexibility index (Phi) is 6.29. The second-order valence-corrected chi connectivity index (χ2v) is 5.83. The van der Waals surface area contributed by atoms with Gasteiger partial charge < -0.3 is 9.84 Å². The van der Waals surface area contributed by atoms with E-state index in [1.165, 1.54) is 23.7 Å². The Morgan fingerprint density at radius 2 is 2.00 bits per heavy atom. The quantitative estimate of drug-likeness (QED) is 0.429. The van der Waals surface area contributed by atoms with Crippen LogP contribution in [0, 0.1) is 0 Å². The number of amides is 1. The first kappa shape index (κ1) is 15.3. The first-order chi connectivity index (χ1) is 9.81. The molecule has 0 spiro atoms. The van der Waals surface area contributed by atoms with Gasteiger partial charge in [0, 0.05) is 11.9 Å². The highest BCUT2D eigenvalue weighted by Gasteiger charge is 2.11. The van der Waals surface area contributed by atoms with Gasteiger partial charge in [-0.05, 0) is 29.4 Å². The van der Waals surface area contributed by atoms with Gasteiger partial charge in [-0.1, -0.05) is 52.7 Å². The zero-order valence-electron chi connectivity index (χ0n) is 11.4. The van der Waals surface area contributed by atoms with Gasteiger partial charge in [0.1, 0.15) is 5.69 Å². The third kappa shape index (κ3) is 4.47. The Balaban J connectivity index is 1.74. The summed E-state index contributed by atoms with van der Waals surface area (Å²) in [4.78, 5) is 11.8. The SMILES string of the molecule is O=C(Cc1noc2ccccc12)NCCCCCCI. The Hall–Kier alpha value is -1.11. The van der Waals surface area contributed by atoms with Crippen LogP contribution < -0.4 is 5.32 Å². The molecule has 0 unspecified atom stereocenters. The maximum atomic E-state index is 11.8. The number of fused-ring (bicyclic) bond motifs is 1. The average Bonchev–Trinajstić information content (AvgIpc) is 2.86. The monoisotopic (exact) mass is 386 g/mol. The molecule has 20 heavy (non-hydrogen) atoms. The van der Waals surface area contributed by atoms with Crippen molar-refractivity contribution in [2.75, 3.05) is 11.0 Å².